The molecule has 0 amide bonds. The van der Waals surface area contributed by atoms with E-state index in [1.54, 1.807) is 30.3 Å². The second-order valence-corrected chi connectivity index (χ2v) is 6.40. The normalized spacial score (nSPS) is 9.68. The highest BCUT2D eigenvalue weighted by Gasteiger charge is 1.97. The first-order valence-corrected chi connectivity index (χ1v) is 9.81. The van der Waals surface area contributed by atoms with Crippen molar-refractivity contribution in [1.29, 1.82) is 0 Å². The van der Waals surface area contributed by atoms with Gasteiger partial charge in [0.2, 0.25) is 0 Å². The topological polar surface area (TPSA) is 47.9 Å². The van der Waals surface area contributed by atoms with Crippen LogP contribution in [0.1, 0.15) is 0 Å². The van der Waals surface area contributed by atoms with Gasteiger partial charge in [0.1, 0.15) is 41.1 Å². The molecule has 0 atom stereocenters. The summed E-state index contributed by atoms with van der Waals surface area (Å²) in [5.41, 5.74) is 0. The van der Waals surface area contributed by atoms with Gasteiger partial charge in [-0.1, -0.05) is 49.1 Å². The Bertz CT molecular complexity index is 1030. The second-order valence-electron chi connectivity index (χ2n) is 6.40. The third-order valence-corrected chi connectivity index (χ3v) is 3.99. The molecule has 0 saturated heterocycles. The molecule has 4 aromatic rings. The average Bonchev–Trinajstić information content (AvgIpc) is 2.82. The number of phenols is 1. The van der Waals surface area contributed by atoms with Gasteiger partial charge >= 0.3 is 0 Å². The van der Waals surface area contributed by atoms with Crippen molar-refractivity contribution in [3.8, 4) is 34.5 Å². The van der Waals surface area contributed by atoms with Gasteiger partial charge in [0.25, 0.3) is 0 Å². The molecule has 0 aliphatic rings. The van der Waals surface area contributed by atoms with E-state index in [2.05, 4.69) is 6.58 Å². The zero-order valence-corrected chi connectivity index (χ0v) is 17.1. The molecule has 0 spiro atoms. The van der Waals surface area contributed by atoms with Gasteiger partial charge in [-0.2, -0.15) is 0 Å². The van der Waals surface area contributed by atoms with Crippen molar-refractivity contribution in [1.82, 2.24) is 0 Å². The SMILES string of the molecule is C=CCOc1ccc(Oc2ccccc2)cc1.Oc1ccc(Oc2ccccc2)cc1. The van der Waals surface area contributed by atoms with Gasteiger partial charge < -0.3 is 19.3 Å². The highest BCUT2D eigenvalue weighted by Crippen LogP contribution is 2.24. The van der Waals surface area contributed by atoms with Crippen molar-refractivity contribution in [2.24, 2.45) is 0 Å². The van der Waals surface area contributed by atoms with Crippen LogP contribution in [0.25, 0.3) is 0 Å². The van der Waals surface area contributed by atoms with E-state index in [9.17, 15) is 0 Å². The lowest BCUT2D eigenvalue weighted by atomic mass is 10.3. The second kappa shape index (κ2) is 11.7. The molecule has 0 heterocycles. The fraction of sp³-hybridized carbons (Fsp3) is 0.0370. The molecule has 4 aromatic carbocycles. The van der Waals surface area contributed by atoms with Crippen molar-refractivity contribution in [2.75, 3.05) is 6.61 Å². The lowest BCUT2D eigenvalue weighted by molar-refractivity contribution is 0.362. The number of benzene rings is 4. The molecule has 0 aromatic heterocycles. The first-order valence-electron chi connectivity index (χ1n) is 9.81. The average molecular weight is 412 g/mol. The molecule has 4 nitrogen and oxygen atoms in total. The molecule has 0 radical (unpaired) electrons. The zero-order chi connectivity index (χ0) is 21.7. The summed E-state index contributed by atoms with van der Waals surface area (Å²) in [5, 5.41) is 9.07. The fourth-order valence-corrected chi connectivity index (χ4v) is 2.52. The van der Waals surface area contributed by atoms with Crippen molar-refractivity contribution < 1.29 is 19.3 Å². The van der Waals surface area contributed by atoms with Crippen molar-refractivity contribution in [2.45, 2.75) is 0 Å². The molecule has 31 heavy (non-hydrogen) atoms. The minimum absolute atomic E-state index is 0.241. The largest absolute Gasteiger partial charge is 0.508 e. The number of hydrogen-bond acceptors (Lipinski definition) is 4. The van der Waals surface area contributed by atoms with Gasteiger partial charge in [0.05, 0.1) is 0 Å². The Balaban J connectivity index is 0.000000179. The summed E-state index contributed by atoms with van der Waals surface area (Å²) in [6.07, 6.45) is 1.72. The van der Waals surface area contributed by atoms with E-state index in [-0.39, 0.29) is 5.75 Å². The Labute approximate surface area is 182 Å². The molecular formula is C27H24O4. The van der Waals surface area contributed by atoms with E-state index in [0.29, 0.717) is 12.4 Å². The monoisotopic (exact) mass is 412 g/mol. The summed E-state index contributed by atoms with van der Waals surface area (Å²) in [5.74, 6) is 4.18. The van der Waals surface area contributed by atoms with Gasteiger partial charge in [-0.05, 0) is 72.8 Å². The van der Waals surface area contributed by atoms with Gasteiger partial charge in [-0.3, -0.25) is 0 Å². The van der Waals surface area contributed by atoms with Crippen LogP contribution >= 0.6 is 0 Å². The molecule has 0 saturated carbocycles. The highest BCUT2D eigenvalue weighted by atomic mass is 16.5. The lowest BCUT2D eigenvalue weighted by Gasteiger charge is -2.07. The van der Waals surface area contributed by atoms with Crippen LogP contribution in [0.2, 0.25) is 0 Å². The van der Waals surface area contributed by atoms with Crippen LogP contribution in [-0.4, -0.2) is 11.7 Å². The first-order chi connectivity index (χ1) is 15.2. The maximum Gasteiger partial charge on any atom is 0.127 e. The number of rotatable bonds is 7. The Morgan fingerprint density at radius 3 is 1.39 bits per heavy atom. The quantitative estimate of drug-likeness (QED) is 0.325. The summed E-state index contributed by atoms with van der Waals surface area (Å²) in [6.45, 7) is 4.11. The van der Waals surface area contributed by atoms with Crippen LogP contribution in [0.5, 0.6) is 34.5 Å². The molecule has 0 aliphatic heterocycles. The van der Waals surface area contributed by atoms with E-state index in [1.807, 2.05) is 84.9 Å². The summed E-state index contributed by atoms with van der Waals surface area (Å²) in [4.78, 5) is 0. The molecule has 0 aliphatic carbocycles. The summed E-state index contributed by atoms with van der Waals surface area (Å²) < 4.78 is 16.6. The van der Waals surface area contributed by atoms with Gasteiger partial charge in [0, 0.05) is 0 Å². The maximum atomic E-state index is 9.07. The Morgan fingerprint density at radius 1 is 0.548 bits per heavy atom. The maximum absolute atomic E-state index is 9.07. The molecule has 156 valence electrons. The van der Waals surface area contributed by atoms with Crippen molar-refractivity contribution in [3.05, 3.63) is 122 Å². The van der Waals surface area contributed by atoms with Crippen LogP contribution in [-0.2, 0) is 0 Å². The third-order valence-electron chi connectivity index (χ3n) is 3.99. The molecular weight excluding hydrogens is 388 g/mol. The molecule has 0 fully saturated rings. The van der Waals surface area contributed by atoms with E-state index >= 15 is 0 Å². The van der Waals surface area contributed by atoms with Crippen molar-refractivity contribution >= 4 is 0 Å². The fourth-order valence-electron chi connectivity index (χ4n) is 2.52. The van der Waals surface area contributed by atoms with Crippen LogP contribution in [0.3, 0.4) is 0 Å². The molecule has 1 N–H and O–H groups in total. The lowest BCUT2D eigenvalue weighted by Crippen LogP contribution is -1.92. The van der Waals surface area contributed by atoms with E-state index < -0.39 is 0 Å². The minimum Gasteiger partial charge on any atom is -0.508 e. The number of hydrogen-bond donors (Lipinski definition) is 1. The molecule has 4 rings (SSSR count). The van der Waals surface area contributed by atoms with E-state index in [0.717, 1.165) is 23.0 Å². The summed E-state index contributed by atoms with van der Waals surface area (Å²) >= 11 is 0. The highest BCUT2D eigenvalue weighted by molar-refractivity contribution is 5.36. The number of aromatic hydroxyl groups is 1. The Morgan fingerprint density at radius 2 is 0.935 bits per heavy atom. The van der Waals surface area contributed by atoms with Gasteiger partial charge in [0.15, 0.2) is 0 Å². The molecule has 0 bridgehead atoms. The standard InChI is InChI=1S/C15H14O2.C12H10O2/c1-2-12-16-13-8-10-15(11-9-13)17-14-6-4-3-5-7-14;13-10-6-8-12(9-7-10)14-11-4-2-1-3-5-11/h2-11H,1,12H2;1-9,13H. The third kappa shape index (κ3) is 7.63. The van der Waals surface area contributed by atoms with Crippen LogP contribution in [0, 0.1) is 0 Å². The minimum atomic E-state index is 0.241. The van der Waals surface area contributed by atoms with Crippen LogP contribution < -0.4 is 14.2 Å². The molecule has 4 heteroatoms. The van der Waals surface area contributed by atoms with Crippen LogP contribution in [0.15, 0.2) is 122 Å². The van der Waals surface area contributed by atoms with Crippen LogP contribution in [0.4, 0.5) is 0 Å². The predicted octanol–water partition coefficient (Wildman–Crippen LogP) is 7.23. The van der Waals surface area contributed by atoms with E-state index in [1.165, 1.54) is 0 Å². The van der Waals surface area contributed by atoms with Gasteiger partial charge in [-0.15, -0.1) is 0 Å². The summed E-state index contributed by atoms with van der Waals surface area (Å²) in [6, 6.07) is 33.4. The van der Waals surface area contributed by atoms with Crippen molar-refractivity contribution in [3.63, 3.8) is 0 Å². The summed E-state index contributed by atoms with van der Waals surface area (Å²) in [7, 11) is 0. The Kier molecular flexibility index (Phi) is 8.15. The smallest absolute Gasteiger partial charge is 0.127 e. The first kappa shape index (κ1) is 21.5. The number of para-hydroxylation sites is 2. The predicted molar refractivity (Wildman–Crippen MR) is 123 cm³/mol. The zero-order valence-electron chi connectivity index (χ0n) is 17.1. The van der Waals surface area contributed by atoms with E-state index in [4.69, 9.17) is 19.3 Å². The molecule has 0 unspecified atom stereocenters. The Hall–Kier alpha value is -4.18. The van der Waals surface area contributed by atoms with Gasteiger partial charge in [-0.25, -0.2) is 0 Å². The number of phenolic OH excluding ortho intramolecular Hbond substituents is 1. The number of ether oxygens (including phenoxy) is 3.